The van der Waals surface area contributed by atoms with Crippen molar-refractivity contribution < 1.29 is 4.42 Å². The molecule has 0 radical (unpaired) electrons. The predicted molar refractivity (Wildman–Crippen MR) is 105 cm³/mol. The Kier molecular flexibility index (Phi) is 5.24. The van der Waals surface area contributed by atoms with Crippen LogP contribution < -0.4 is 16.0 Å². The van der Waals surface area contributed by atoms with Crippen LogP contribution in [0, 0.1) is 5.92 Å². The fraction of sp³-hybridized carbons (Fsp3) is 0.526. The molecule has 8 heteroatoms. The molecule has 0 spiro atoms. The van der Waals surface area contributed by atoms with Gasteiger partial charge in [0.2, 0.25) is 5.89 Å². The SMILES string of the molecule is CC(C)c1cnn2c(NCc3ncco3)cc(NCC3CCNCC3)nc12. The maximum atomic E-state index is 5.33. The van der Waals surface area contributed by atoms with Gasteiger partial charge >= 0.3 is 0 Å². The van der Waals surface area contributed by atoms with Crippen LogP contribution in [0.25, 0.3) is 5.65 Å². The predicted octanol–water partition coefficient (Wildman–Crippen LogP) is 2.86. The van der Waals surface area contributed by atoms with Gasteiger partial charge in [-0.1, -0.05) is 13.8 Å². The van der Waals surface area contributed by atoms with Crippen molar-refractivity contribution in [3.8, 4) is 0 Å². The standard InChI is InChI=1S/C19H27N7O/c1-13(2)15-11-24-26-17(23-12-18-21-7-8-27-18)9-16(25-19(15)26)22-10-14-3-5-20-6-4-14/h7-9,11,13-14,20,23H,3-6,10,12H2,1-2H3,(H,22,25). The maximum absolute atomic E-state index is 5.33. The van der Waals surface area contributed by atoms with E-state index in [-0.39, 0.29) is 0 Å². The Hall–Kier alpha value is -2.61. The lowest BCUT2D eigenvalue weighted by atomic mass is 9.98. The first-order valence-corrected chi connectivity index (χ1v) is 9.66. The maximum Gasteiger partial charge on any atom is 0.213 e. The van der Waals surface area contributed by atoms with Gasteiger partial charge in [0.25, 0.3) is 0 Å². The van der Waals surface area contributed by atoms with Crippen molar-refractivity contribution in [2.24, 2.45) is 5.92 Å². The zero-order valence-corrected chi connectivity index (χ0v) is 15.9. The van der Waals surface area contributed by atoms with Crippen molar-refractivity contribution in [2.75, 3.05) is 30.3 Å². The molecule has 0 atom stereocenters. The van der Waals surface area contributed by atoms with E-state index in [1.54, 1.807) is 12.5 Å². The van der Waals surface area contributed by atoms with Crippen molar-refractivity contribution >= 4 is 17.3 Å². The van der Waals surface area contributed by atoms with E-state index in [1.165, 1.54) is 12.8 Å². The van der Waals surface area contributed by atoms with Gasteiger partial charge in [-0.15, -0.1) is 0 Å². The summed E-state index contributed by atoms with van der Waals surface area (Å²) in [6.07, 6.45) is 7.54. The van der Waals surface area contributed by atoms with Crippen LogP contribution in [0.2, 0.25) is 0 Å². The highest BCUT2D eigenvalue weighted by molar-refractivity contribution is 5.60. The van der Waals surface area contributed by atoms with Crippen LogP contribution in [0.3, 0.4) is 0 Å². The van der Waals surface area contributed by atoms with E-state index in [0.29, 0.717) is 24.3 Å². The van der Waals surface area contributed by atoms with Gasteiger partial charge in [-0.05, 0) is 37.8 Å². The minimum Gasteiger partial charge on any atom is -0.447 e. The van der Waals surface area contributed by atoms with Gasteiger partial charge in [-0.25, -0.2) is 9.97 Å². The number of rotatable bonds is 7. The van der Waals surface area contributed by atoms with E-state index in [0.717, 1.165) is 42.5 Å². The average Bonchev–Trinajstić information content (AvgIpc) is 3.35. The van der Waals surface area contributed by atoms with E-state index in [2.05, 4.69) is 39.9 Å². The number of hydrogen-bond donors (Lipinski definition) is 3. The number of hydrogen-bond acceptors (Lipinski definition) is 7. The Labute approximate surface area is 158 Å². The van der Waals surface area contributed by atoms with Crippen molar-refractivity contribution in [2.45, 2.75) is 39.2 Å². The number of nitrogens with one attached hydrogen (secondary N) is 3. The summed E-state index contributed by atoms with van der Waals surface area (Å²) in [5.74, 6) is 3.42. The molecule has 144 valence electrons. The summed E-state index contributed by atoms with van der Waals surface area (Å²) in [4.78, 5) is 9.01. The third-order valence-electron chi connectivity index (χ3n) is 5.06. The highest BCUT2D eigenvalue weighted by Crippen LogP contribution is 2.24. The molecule has 27 heavy (non-hydrogen) atoms. The van der Waals surface area contributed by atoms with Crippen LogP contribution in [-0.2, 0) is 6.54 Å². The first kappa shape index (κ1) is 17.8. The summed E-state index contributed by atoms with van der Waals surface area (Å²) < 4.78 is 7.18. The fourth-order valence-corrected chi connectivity index (χ4v) is 3.44. The third kappa shape index (κ3) is 4.05. The lowest BCUT2D eigenvalue weighted by Gasteiger charge is -2.23. The average molecular weight is 369 g/mol. The minimum atomic E-state index is 0.356. The molecule has 3 aromatic heterocycles. The van der Waals surface area contributed by atoms with Crippen LogP contribution in [0.5, 0.6) is 0 Å². The number of oxazole rings is 1. The Balaban J connectivity index is 1.58. The third-order valence-corrected chi connectivity index (χ3v) is 5.06. The second-order valence-corrected chi connectivity index (χ2v) is 7.37. The van der Waals surface area contributed by atoms with E-state index >= 15 is 0 Å². The van der Waals surface area contributed by atoms with Gasteiger partial charge in [0, 0.05) is 18.2 Å². The van der Waals surface area contributed by atoms with Crippen molar-refractivity contribution in [1.82, 2.24) is 24.9 Å². The highest BCUT2D eigenvalue weighted by atomic mass is 16.3. The molecule has 0 amide bonds. The smallest absolute Gasteiger partial charge is 0.213 e. The van der Waals surface area contributed by atoms with Gasteiger partial charge in [0.1, 0.15) is 17.9 Å². The topological polar surface area (TPSA) is 92.3 Å². The first-order valence-electron chi connectivity index (χ1n) is 9.66. The molecule has 0 saturated carbocycles. The Morgan fingerprint density at radius 2 is 2.15 bits per heavy atom. The largest absolute Gasteiger partial charge is 0.447 e. The van der Waals surface area contributed by atoms with E-state index in [9.17, 15) is 0 Å². The highest BCUT2D eigenvalue weighted by Gasteiger charge is 2.16. The van der Waals surface area contributed by atoms with Gasteiger partial charge in [-0.2, -0.15) is 9.61 Å². The minimum absolute atomic E-state index is 0.356. The van der Waals surface area contributed by atoms with Gasteiger partial charge in [-0.3, -0.25) is 0 Å². The Morgan fingerprint density at radius 3 is 2.89 bits per heavy atom. The lowest BCUT2D eigenvalue weighted by Crippen LogP contribution is -2.31. The monoisotopic (exact) mass is 369 g/mol. The van der Waals surface area contributed by atoms with Crippen LogP contribution in [0.4, 0.5) is 11.6 Å². The van der Waals surface area contributed by atoms with Crippen LogP contribution >= 0.6 is 0 Å². The number of fused-ring (bicyclic) bond motifs is 1. The first-order chi connectivity index (χ1) is 13.2. The summed E-state index contributed by atoms with van der Waals surface area (Å²) in [6, 6.07) is 2.01. The molecular weight excluding hydrogens is 342 g/mol. The van der Waals surface area contributed by atoms with Gasteiger partial charge in [0.05, 0.1) is 18.9 Å². The van der Waals surface area contributed by atoms with Crippen molar-refractivity contribution in [3.63, 3.8) is 0 Å². The molecule has 0 aliphatic carbocycles. The quantitative estimate of drug-likeness (QED) is 0.590. The second-order valence-electron chi connectivity index (χ2n) is 7.37. The summed E-state index contributed by atoms with van der Waals surface area (Å²) in [5, 5.41) is 14.9. The number of nitrogens with zero attached hydrogens (tertiary/aromatic N) is 4. The molecule has 0 unspecified atom stereocenters. The van der Waals surface area contributed by atoms with Crippen molar-refractivity contribution in [3.05, 3.63) is 36.2 Å². The molecule has 3 N–H and O–H groups in total. The molecule has 4 rings (SSSR count). The van der Waals surface area contributed by atoms with E-state index in [1.807, 2.05) is 16.8 Å². The zero-order chi connectivity index (χ0) is 18.6. The van der Waals surface area contributed by atoms with Crippen LogP contribution in [0.1, 0.15) is 44.1 Å². The molecule has 8 nitrogen and oxygen atoms in total. The summed E-state index contributed by atoms with van der Waals surface area (Å²) >= 11 is 0. The summed E-state index contributed by atoms with van der Waals surface area (Å²) in [5.41, 5.74) is 2.02. The second kappa shape index (κ2) is 7.96. The van der Waals surface area contributed by atoms with Gasteiger partial charge in [0.15, 0.2) is 5.65 Å². The molecule has 1 fully saturated rings. The molecule has 1 saturated heterocycles. The van der Waals surface area contributed by atoms with Gasteiger partial charge < -0.3 is 20.4 Å². The lowest BCUT2D eigenvalue weighted by molar-refractivity contribution is 0.389. The normalized spacial score (nSPS) is 15.5. The molecule has 1 aliphatic rings. The van der Waals surface area contributed by atoms with Crippen LogP contribution in [-0.4, -0.2) is 39.2 Å². The molecule has 3 aromatic rings. The molecule has 0 bridgehead atoms. The molecule has 4 heterocycles. The molecule has 0 aromatic carbocycles. The fourth-order valence-electron chi connectivity index (χ4n) is 3.44. The van der Waals surface area contributed by atoms with E-state index in [4.69, 9.17) is 9.40 Å². The zero-order valence-electron chi connectivity index (χ0n) is 15.9. The number of aromatic nitrogens is 4. The van der Waals surface area contributed by atoms with E-state index < -0.39 is 0 Å². The van der Waals surface area contributed by atoms with Crippen molar-refractivity contribution in [1.29, 1.82) is 0 Å². The summed E-state index contributed by atoms with van der Waals surface area (Å²) in [6.45, 7) is 7.96. The summed E-state index contributed by atoms with van der Waals surface area (Å²) in [7, 11) is 0. The Morgan fingerprint density at radius 1 is 1.30 bits per heavy atom. The number of anilines is 2. The van der Waals surface area contributed by atoms with Crippen LogP contribution in [0.15, 0.2) is 29.1 Å². The Bertz CT molecular complexity index is 866. The molecule has 1 aliphatic heterocycles. The number of piperidine rings is 1. The molecular formula is C19H27N7O.